The number of phenolic OH excluding ortho intramolecular Hbond substituents is 1. The van der Waals surface area contributed by atoms with Gasteiger partial charge in [0, 0.05) is 16.6 Å². The molecule has 1 amide bonds. The van der Waals surface area contributed by atoms with Crippen LogP contribution in [-0.4, -0.2) is 37.1 Å². The van der Waals surface area contributed by atoms with Crippen molar-refractivity contribution in [1.29, 1.82) is 0 Å². The van der Waals surface area contributed by atoms with Crippen molar-refractivity contribution in [3.63, 3.8) is 0 Å². The summed E-state index contributed by atoms with van der Waals surface area (Å²) in [5.74, 6) is 3.65. The van der Waals surface area contributed by atoms with Crippen molar-refractivity contribution < 1.29 is 9.90 Å². The van der Waals surface area contributed by atoms with Gasteiger partial charge >= 0.3 is 0 Å². The van der Waals surface area contributed by atoms with E-state index in [9.17, 15) is 9.90 Å². The molecule has 0 atom stereocenters. The maximum atomic E-state index is 12.8. The highest BCUT2D eigenvalue weighted by Crippen LogP contribution is 2.55. The van der Waals surface area contributed by atoms with Crippen LogP contribution in [0.5, 0.6) is 5.75 Å². The highest BCUT2D eigenvalue weighted by atomic mass is 79.9. The van der Waals surface area contributed by atoms with Crippen molar-refractivity contribution in [1.82, 2.24) is 20.1 Å². The van der Waals surface area contributed by atoms with Crippen LogP contribution in [0.2, 0.25) is 0 Å². The standard InChI is InChI=1S/C22H27BrN4O2S/c1-2-27-20(17-8-16(23)3-4-18(17)28)25-26-21(27)30-12-19(29)24-22-9-13-5-14(10-22)7-15(6-13)11-22/h3-4,8,13-15,28H,2,5-7,9-12H2,1H3,(H,24,29). The lowest BCUT2D eigenvalue weighted by molar-refractivity contribution is -0.124. The Labute approximate surface area is 189 Å². The molecule has 4 fully saturated rings. The lowest BCUT2D eigenvalue weighted by Crippen LogP contribution is -2.60. The summed E-state index contributed by atoms with van der Waals surface area (Å²) >= 11 is 4.86. The first-order valence-corrected chi connectivity index (χ1v) is 12.6. The summed E-state index contributed by atoms with van der Waals surface area (Å²) in [6.45, 7) is 2.68. The Morgan fingerprint density at radius 2 is 1.90 bits per heavy atom. The molecule has 8 heteroatoms. The number of aromatic nitrogens is 3. The fourth-order valence-corrected chi connectivity index (χ4v) is 7.46. The normalized spacial score (nSPS) is 29.3. The summed E-state index contributed by atoms with van der Waals surface area (Å²) in [6, 6.07) is 5.26. The van der Waals surface area contributed by atoms with Crippen molar-refractivity contribution in [2.24, 2.45) is 17.8 Å². The molecule has 1 aromatic heterocycles. The molecular weight excluding hydrogens is 464 g/mol. The van der Waals surface area contributed by atoms with Crippen LogP contribution in [0.1, 0.15) is 45.4 Å². The van der Waals surface area contributed by atoms with E-state index in [2.05, 4.69) is 31.4 Å². The highest BCUT2D eigenvalue weighted by molar-refractivity contribution is 9.10. The number of hydrogen-bond donors (Lipinski definition) is 2. The Kier molecular flexibility index (Phi) is 5.34. The number of benzene rings is 1. The van der Waals surface area contributed by atoms with Gasteiger partial charge < -0.3 is 15.0 Å². The minimum absolute atomic E-state index is 0.0398. The predicted octanol–water partition coefficient (Wildman–Crippen LogP) is 4.61. The third kappa shape index (κ3) is 3.77. The van der Waals surface area contributed by atoms with E-state index >= 15 is 0 Å². The van der Waals surface area contributed by atoms with E-state index < -0.39 is 0 Å². The second kappa shape index (κ2) is 7.86. The summed E-state index contributed by atoms with van der Waals surface area (Å²) in [7, 11) is 0. The number of carbonyl (C=O) groups is 1. The highest BCUT2D eigenvalue weighted by Gasteiger charge is 2.51. The van der Waals surface area contributed by atoms with E-state index in [0.29, 0.717) is 28.8 Å². The minimum atomic E-state index is 0.0398. The van der Waals surface area contributed by atoms with E-state index in [0.717, 1.165) is 41.5 Å². The number of aromatic hydroxyl groups is 1. The van der Waals surface area contributed by atoms with Crippen molar-refractivity contribution in [2.75, 3.05) is 5.75 Å². The molecule has 0 saturated heterocycles. The average Bonchev–Trinajstić information content (AvgIpc) is 3.09. The zero-order valence-corrected chi connectivity index (χ0v) is 19.5. The third-order valence-corrected chi connectivity index (χ3v) is 8.47. The third-order valence-electron chi connectivity index (χ3n) is 7.01. The SMILES string of the molecule is CCn1c(SCC(=O)NC23CC4CC(CC(C4)C2)C3)nnc1-c1cc(Br)ccc1O. The zero-order chi connectivity index (χ0) is 20.9. The first kappa shape index (κ1) is 20.4. The van der Waals surface area contributed by atoms with Crippen LogP contribution in [0.4, 0.5) is 0 Å². The number of phenols is 1. The van der Waals surface area contributed by atoms with E-state index in [1.54, 1.807) is 12.1 Å². The van der Waals surface area contributed by atoms with Gasteiger partial charge in [-0.05, 0) is 81.4 Å². The van der Waals surface area contributed by atoms with Crippen molar-refractivity contribution in [3.05, 3.63) is 22.7 Å². The number of nitrogens with zero attached hydrogens (tertiary/aromatic N) is 3. The predicted molar refractivity (Wildman–Crippen MR) is 120 cm³/mol. The van der Waals surface area contributed by atoms with Crippen LogP contribution in [0.15, 0.2) is 27.8 Å². The van der Waals surface area contributed by atoms with Crippen molar-refractivity contribution in [2.45, 2.75) is 62.7 Å². The lowest BCUT2D eigenvalue weighted by atomic mass is 9.53. The number of amides is 1. The Morgan fingerprint density at radius 3 is 2.53 bits per heavy atom. The Hall–Kier alpha value is -1.54. The quantitative estimate of drug-likeness (QED) is 0.577. The Bertz CT molecular complexity index is 941. The molecule has 4 saturated carbocycles. The van der Waals surface area contributed by atoms with Gasteiger partial charge in [0.15, 0.2) is 11.0 Å². The van der Waals surface area contributed by atoms with Crippen LogP contribution in [-0.2, 0) is 11.3 Å². The van der Waals surface area contributed by atoms with Gasteiger partial charge in [-0.25, -0.2) is 0 Å². The molecule has 30 heavy (non-hydrogen) atoms. The largest absolute Gasteiger partial charge is 0.507 e. The summed E-state index contributed by atoms with van der Waals surface area (Å²) in [4.78, 5) is 12.8. The molecule has 0 radical (unpaired) electrons. The molecule has 160 valence electrons. The average molecular weight is 491 g/mol. The molecule has 6 nitrogen and oxygen atoms in total. The molecule has 2 N–H and O–H groups in total. The Balaban J connectivity index is 1.27. The Morgan fingerprint density at radius 1 is 1.23 bits per heavy atom. The smallest absolute Gasteiger partial charge is 0.230 e. The van der Waals surface area contributed by atoms with Gasteiger partial charge in [0.25, 0.3) is 0 Å². The number of rotatable bonds is 6. The molecule has 4 aliphatic rings. The first-order valence-electron chi connectivity index (χ1n) is 10.8. The summed E-state index contributed by atoms with van der Waals surface area (Å²) in [6.07, 6.45) is 7.59. The fourth-order valence-electron chi connectivity index (χ4n) is 6.29. The summed E-state index contributed by atoms with van der Waals surface area (Å²) in [5.41, 5.74) is 0.668. The van der Waals surface area contributed by atoms with Crippen LogP contribution in [0.25, 0.3) is 11.4 Å². The maximum Gasteiger partial charge on any atom is 0.230 e. The minimum Gasteiger partial charge on any atom is -0.507 e. The van der Waals surface area contributed by atoms with E-state index in [-0.39, 0.29) is 17.2 Å². The van der Waals surface area contributed by atoms with Gasteiger partial charge in [0.2, 0.25) is 5.91 Å². The second-order valence-electron chi connectivity index (χ2n) is 9.25. The lowest BCUT2D eigenvalue weighted by Gasteiger charge is -2.56. The number of carbonyl (C=O) groups excluding carboxylic acids is 1. The zero-order valence-electron chi connectivity index (χ0n) is 17.1. The van der Waals surface area contributed by atoms with Crippen LogP contribution < -0.4 is 5.32 Å². The van der Waals surface area contributed by atoms with Gasteiger partial charge in [-0.15, -0.1) is 10.2 Å². The van der Waals surface area contributed by atoms with E-state index in [1.165, 1.54) is 31.0 Å². The van der Waals surface area contributed by atoms with Crippen LogP contribution in [0.3, 0.4) is 0 Å². The van der Waals surface area contributed by atoms with Gasteiger partial charge in [-0.1, -0.05) is 27.7 Å². The molecule has 4 aliphatic carbocycles. The topological polar surface area (TPSA) is 80.0 Å². The molecule has 0 spiro atoms. The summed E-state index contributed by atoms with van der Waals surface area (Å²) in [5, 5.41) is 23.0. The molecule has 0 unspecified atom stereocenters. The molecule has 1 aromatic carbocycles. The molecule has 2 aromatic rings. The molecular formula is C22H27BrN4O2S. The fraction of sp³-hybridized carbons (Fsp3) is 0.591. The van der Waals surface area contributed by atoms with Gasteiger partial charge in [-0.2, -0.15) is 0 Å². The van der Waals surface area contributed by atoms with Gasteiger partial charge in [0.1, 0.15) is 5.75 Å². The molecule has 1 heterocycles. The van der Waals surface area contributed by atoms with E-state index in [4.69, 9.17) is 0 Å². The van der Waals surface area contributed by atoms with E-state index in [1.807, 2.05) is 17.6 Å². The van der Waals surface area contributed by atoms with Crippen LogP contribution >= 0.6 is 27.7 Å². The molecule has 0 aliphatic heterocycles. The van der Waals surface area contributed by atoms with Gasteiger partial charge in [-0.3, -0.25) is 4.79 Å². The molecule has 6 rings (SSSR count). The molecule has 4 bridgehead atoms. The number of halogens is 1. The van der Waals surface area contributed by atoms with Crippen molar-refractivity contribution in [3.8, 4) is 17.1 Å². The first-order chi connectivity index (χ1) is 14.4. The number of nitrogens with one attached hydrogen (secondary N) is 1. The van der Waals surface area contributed by atoms with Gasteiger partial charge in [0.05, 0.1) is 11.3 Å². The van der Waals surface area contributed by atoms with Crippen molar-refractivity contribution >= 4 is 33.6 Å². The monoisotopic (exact) mass is 490 g/mol. The number of hydrogen-bond acceptors (Lipinski definition) is 5. The number of thioether (sulfide) groups is 1. The second-order valence-corrected chi connectivity index (χ2v) is 11.1. The van der Waals surface area contributed by atoms with Crippen LogP contribution in [0, 0.1) is 17.8 Å². The summed E-state index contributed by atoms with van der Waals surface area (Å²) < 4.78 is 2.81. The maximum absolute atomic E-state index is 12.8.